The fraction of sp³-hybridized carbons (Fsp3) is 0.320. The Kier molecular flexibility index (Phi) is 7.19. The van der Waals surface area contributed by atoms with Crippen LogP contribution in [0.1, 0.15) is 40.7 Å². The van der Waals surface area contributed by atoms with Gasteiger partial charge >= 0.3 is 0 Å². The predicted octanol–water partition coefficient (Wildman–Crippen LogP) is 3.07. The van der Waals surface area contributed by atoms with Gasteiger partial charge in [0.2, 0.25) is 5.95 Å². The van der Waals surface area contributed by atoms with E-state index in [4.69, 9.17) is 10.6 Å². The molecule has 0 spiro atoms. The van der Waals surface area contributed by atoms with Crippen LogP contribution in [0.15, 0.2) is 53.9 Å². The van der Waals surface area contributed by atoms with Gasteiger partial charge in [0.25, 0.3) is 5.91 Å². The van der Waals surface area contributed by atoms with E-state index in [0.29, 0.717) is 39.7 Å². The average Bonchev–Trinajstić information content (AvgIpc) is 3.66. The zero-order valence-electron chi connectivity index (χ0n) is 20.1. The molecule has 10 nitrogen and oxygen atoms in total. The monoisotopic (exact) mass is 504 g/mol. The van der Waals surface area contributed by atoms with Crippen LogP contribution >= 0.6 is 11.3 Å². The van der Waals surface area contributed by atoms with Crippen molar-refractivity contribution in [2.24, 2.45) is 5.16 Å². The molecule has 11 heteroatoms. The molecule has 4 heterocycles. The molecule has 186 valence electrons. The third-order valence-electron chi connectivity index (χ3n) is 5.96. The molecule has 5 rings (SSSR count). The summed E-state index contributed by atoms with van der Waals surface area (Å²) in [5.41, 5.74) is 8.86. The Hall–Kier alpha value is -3.83. The van der Waals surface area contributed by atoms with Gasteiger partial charge in [-0.05, 0) is 57.1 Å². The van der Waals surface area contributed by atoms with Gasteiger partial charge in [0.15, 0.2) is 0 Å². The Morgan fingerprint density at radius 3 is 2.75 bits per heavy atom. The molecule has 0 radical (unpaired) electrons. The minimum absolute atomic E-state index is 0.111. The standard InChI is InChI=1S/C25H28N8O2S/c1-2-27-23(34)20-16-19-22(29-25(26)30-24(19)36-20)21(31-35-15-14-32-11-3-4-12-32)17-6-8-18(9-7-17)33-13-5-10-28-33/h5-10,13,16H,2-4,11-12,14-15H2,1H3,(H,27,34)(H2,26,29,30)/b31-21+. The molecule has 0 atom stereocenters. The van der Waals surface area contributed by atoms with Gasteiger partial charge in [0.1, 0.15) is 22.8 Å². The van der Waals surface area contributed by atoms with E-state index in [2.05, 4.69) is 30.4 Å². The van der Waals surface area contributed by atoms with Gasteiger partial charge in [-0.25, -0.2) is 14.6 Å². The van der Waals surface area contributed by atoms with Gasteiger partial charge in [0, 0.05) is 36.4 Å². The summed E-state index contributed by atoms with van der Waals surface area (Å²) in [7, 11) is 0. The van der Waals surface area contributed by atoms with Crippen LogP contribution in [-0.4, -0.2) is 69.1 Å². The summed E-state index contributed by atoms with van der Waals surface area (Å²) >= 11 is 1.27. The van der Waals surface area contributed by atoms with Crippen molar-refractivity contribution >= 4 is 39.1 Å². The molecular weight excluding hydrogens is 476 g/mol. The van der Waals surface area contributed by atoms with Crippen LogP contribution < -0.4 is 11.1 Å². The third kappa shape index (κ3) is 5.21. The van der Waals surface area contributed by atoms with E-state index < -0.39 is 0 Å². The van der Waals surface area contributed by atoms with E-state index in [1.165, 1.54) is 24.2 Å². The average molecular weight is 505 g/mol. The van der Waals surface area contributed by atoms with Gasteiger partial charge < -0.3 is 15.9 Å². The zero-order valence-corrected chi connectivity index (χ0v) is 20.9. The van der Waals surface area contributed by atoms with E-state index >= 15 is 0 Å². The second-order valence-corrected chi connectivity index (χ2v) is 9.47. The van der Waals surface area contributed by atoms with Gasteiger partial charge in [-0.15, -0.1) is 11.3 Å². The number of carbonyl (C=O) groups is 1. The van der Waals surface area contributed by atoms with Crippen LogP contribution in [0.4, 0.5) is 5.95 Å². The van der Waals surface area contributed by atoms with Gasteiger partial charge in [-0.3, -0.25) is 9.69 Å². The smallest absolute Gasteiger partial charge is 0.261 e. The molecule has 1 aliphatic heterocycles. The minimum Gasteiger partial charge on any atom is -0.394 e. The van der Waals surface area contributed by atoms with Crippen molar-refractivity contribution in [3.05, 3.63) is 64.9 Å². The van der Waals surface area contributed by atoms with Crippen molar-refractivity contribution in [3.8, 4) is 5.69 Å². The number of rotatable bonds is 9. The second kappa shape index (κ2) is 10.8. The number of anilines is 1. The maximum absolute atomic E-state index is 12.5. The number of benzene rings is 1. The first kappa shape index (κ1) is 23.9. The maximum atomic E-state index is 12.5. The quantitative estimate of drug-likeness (QED) is 0.204. The number of amides is 1. The molecule has 1 amide bonds. The van der Waals surface area contributed by atoms with Gasteiger partial charge in [0.05, 0.1) is 10.6 Å². The van der Waals surface area contributed by atoms with E-state index in [0.717, 1.165) is 30.9 Å². The number of nitrogen functional groups attached to an aromatic ring is 1. The summed E-state index contributed by atoms with van der Waals surface area (Å²) in [5, 5.41) is 12.3. The minimum atomic E-state index is -0.158. The number of oxime groups is 1. The highest BCUT2D eigenvalue weighted by Gasteiger charge is 2.20. The number of likely N-dealkylation sites (tertiary alicyclic amines) is 1. The molecule has 1 fully saturated rings. The van der Waals surface area contributed by atoms with Crippen LogP contribution in [0.3, 0.4) is 0 Å². The van der Waals surface area contributed by atoms with E-state index in [1.807, 2.05) is 43.5 Å². The van der Waals surface area contributed by atoms with Crippen molar-refractivity contribution in [3.63, 3.8) is 0 Å². The lowest BCUT2D eigenvalue weighted by Crippen LogP contribution is -2.23. The lowest BCUT2D eigenvalue weighted by molar-refractivity contribution is 0.0960. The van der Waals surface area contributed by atoms with E-state index in [9.17, 15) is 4.79 Å². The summed E-state index contributed by atoms with van der Waals surface area (Å²) in [6.07, 6.45) is 6.06. The number of carbonyl (C=O) groups excluding carboxylic acids is 1. The van der Waals surface area contributed by atoms with E-state index in [-0.39, 0.29) is 11.9 Å². The summed E-state index contributed by atoms with van der Waals surface area (Å²) < 4.78 is 1.78. The maximum Gasteiger partial charge on any atom is 0.261 e. The normalized spacial score (nSPS) is 14.4. The highest BCUT2D eigenvalue weighted by Crippen LogP contribution is 2.29. The Balaban J connectivity index is 1.52. The highest BCUT2D eigenvalue weighted by molar-refractivity contribution is 7.20. The molecule has 1 saturated heterocycles. The zero-order chi connectivity index (χ0) is 24.9. The van der Waals surface area contributed by atoms with Gasteiger partial charge in [-0.1, -0.05) is 17.3 Å². The topological polar surface area (TPSA) is 124 Å². The van der Waals surface area contributed by atoms with Crippen molar-refractivity contribution in [2.75, 3.05) is 38.5 Å². The van der Waals surface area contributed by atoms with Crippen molar-refractivity contribution in [1.29, 1.82) is 0 Å². The summed E-state index contributed by atoms with van der Waals surface area (Å²) in [6.45, 7) is 5.88. The second-order valence-electron chi connectivity index (χ2n) is 8.44. The number of nitrogens with two attached hydrogens (primary N) is 1. The summed E-state index contributed by atoms with van der Waals surface area (Å²) in [5.74, 6) is -0.0475. The lowest BCUT2D eigenvalue weighted by atomic mass is 10.0. The largest absolute Gasteiger partial charge is 0.394 e. The van der Waals surface area contributed by atoms with Crippen LogP contribution in [0.25, 0.3) is 15.9 Å². The number of nitrogens with one attached hydrogen (secondary N) is 1. The number of hydrogen-bond acceptors (Lipinski definition) is 9. The molecule has 36 heavy (non-hydrogen) atoms. The van der Waals surface area contributed by atoms with Crippen molar-refractivity contribution in [1.82, 2.24) is 30.0 Å². The number of thiophene rings is 1. The Morgan fingerprint density at radius 1 is 1.22 bits per heavy atom. The summed E-state index contributed by atoms with van der Waals surface area (Å²) in [6, 6.07) is 11.5. The molecule has 3 aromatic heterocycles. The number of aromatic nitrogens is 4. The van der Waals surface area contributed by atoms with Crippen molar-refractivity contribution in [2.45, 2.75) is 19.8 Å². The predicted molar refractivity (Wildman–Crippen MR) is 141 cm³/mol. The van der Waals surface area contributed by atoms with E-state index in [1.54, 1.807) is 16.9 Å². The first-order chi connectivity index (χ1) is 17.6. The summed E-state index contributed by atoms with van der Waals surface area (Å²) in [4.78, 5) is 30.7. The highest BCUT2D eigenvalue weighted by atomic mass is 32.1. The van der Waals surface area contributed by atoms with Crippen LogP contribution in [0.2, 0.25) is 0 Å². The molecule has 0 saturated carbocycles. The molecule has 3 N–H and O–H groups in total. The molecule has 0 aliphatic carbocycles. The molecule has 1 aromatic carbocycles. The number of fused-ring (bicyclic) bond motifs is 1. The fourth-order valence-corrected chi connectivity index (χ4v) is 5.15. The SMILES string of the molecule is CCNC(=O)c1cc2c(/C(=N/OCCN3CCCC3)c3ccc(-n4cccn4)cc3)nc(N)nc2s1. The number of nitrogens with zero attached hydrogens (tertiary/aromatic N) is 6. The third-order valence-corrected chi connectivity index (χ3v) is 6.99. The molecule has 0 bridgehead atoms. The Labute approximate surface area is 212 Å². The van der Waals surface area contributed by atoms with Crippen LogP contribution in [0.5, 0.6) is 0 Å². The Morgan fingerprint density at radius 2 is 2.03 bits per heavy atom. The Bertz CT molecular complexity index is 1360. The van der Waals surface area contributed by atoms with Crippen molar-refractivity contribution < 1.29 is 9.63 Å². The molecule has 1 aliphatic rings. The van der Waals surface area contributed by atoms with Crippen LogP contribution in [-0.2, 0) is 4.84 Å². The van der Waals surface area contributed by atoms with Crippen LogP contribution in [0, 0.1) is 0 Å². The first-order valence-corrected chi connectivity index (χ1v) is 12.8. The van der Waals surface area contributed by atoms with Gasteiger partial charge in [-0.2, -0.15) is 5.10 Å². The first-order valence-electron chi connectivity index (χ1n) is 12.0. The fourth-order valence-electron chi connectivity index (χ4n) is 4.19. The molecule has 4 aromatic rings. The molecular formula is C25H28N8O2S. The molecule has 0 unspecified atom stereocenters. The number of hydrogen-bond donors (Lipinski definition) is 2. The lowest BCUT2D eigenvalue weighted by Gasteiger charge is -2.14.